The Morgan fingerprint density at radius 3 is 3.24 bits per heavy atom. The standard InChI is InChI=1S/C14H17N5O2/c1-9-2-3-11-10(6-9)13(17-21-11)14(20)18-4-5-19-8-15-16-12(19)7-18/h8-9H,2-7H2,1H3/t9-/m1/s1. The number of aromatic nitrogens is 4. The number of rotatable bonds is 1. The van der Waals surface area contributed by atoms with E-state index in [1.807, 2.05) is 4.57 Å². The van der Waals surface area contributed by atoms with Gasteiger partial charge in [0, 0.05) is 25.1 Å². The number of hydrogen-bond acceptors (Lipinski definition) is 5. The minimum absolute atomic E-state index is 0.0525. The maximum Gasteiger partial charge on any atom is 0.276 e. The molecule has 2 aromatic heterocycles. The van der Waals surface area contributed by atoms with Crippen LogP contribution in [0.5, 0.6) is 0 Å². The highest BCUT2D eigenvalue weighted by atomic mass is 16.5. The topological polar surface area (TPSA) is 77.0 Å². The van der Waals surface area contributed by atoms with Crippen molar-refractivity contribution in [1.29, 1.82) is 0 Å². The zero-order valence-corrected chi connectivity index (χ0v) is 11.9. The van der Waals surface area contributed by atoms with Crippen molar-refractivity contribution >= 4 is 5.91 Å². The number of carbonyl (C=O) groups is 1. The normalized spacial score (nSPS) is 21.0. The van der Waals surface area contributed by atoms with E-state index in [0.717, 1.165) is 43.0 Å². The van der Waals surface area contributed by atoms with Crippen LogP contribution in [0.3, 0.4) is 0 Å². The van der Waals surface area contributed by atoms with E-state index in [1.54, 1.807) is 11.2 Å². The van der Waals surface area contributed by atoms with Crippen LogP contribution in [0.1, 0.15) is 41.0 Å². The molecule has 0 aromatic carbocycles. The molecule has 0 unspecified atom stereocenters. The summed E-state index contributed by atoms with van der Waals surface area (Å²) in [5.74, 6) is 2.23. The Kier molecular flexibility index (Phi) is 2.80. The summed E-state index contributed by atoms with van der Waals surface area (Å²) in [5.41, 5.74) is 1.50. The number of nitrogens with zero attached hydrogens (tertiary/aromatic N) is 5. The molecule has 110 valence electrons. The quantitative estimate of drug-likeness (QED) is 0.783. The number of aryl methyl sites for hydroxylation is 1. The number of amides is 1. The van der Waals surface area contributed by atoms with Gasteiger partial charge in [0.1, 0.15) is 12.1 Å². The van der Waals surface area contributed by atoms with Crippen LogP contribution in [-0.4, -0.2) is 37.3 Å². The molecule has 21 heavy (non-hydrogen) atoms. The van der Waals surface area contributed by atoms with E-state index in [9.17, 15) is 4.79 Å². The Hall–Kier alpha value is -2.18. The summed E-state index contributed by atoms with van der Waals surface area (Å²) in [7, 11) is 0. The maximum absolute atomic E-state index is 12.7. The molecule has 2 aromatic rings. The van der Waals surface area contributed by atoms with E-state index in [2.05, 4.69) is 22.3 Å². The zero-order valence-electron chi connectivity index (χ0n) is 11.9. The van der Waals surface area contributed by atoms with Crippen molar-refractivity contribution in [2.75, 3.05) is 6.54 Å². The van der Waals surface area contributed by atoms with Crippen molar-refractivity contribution < 1.29 is 9.32 Å². The highest BCUT2D eigenvalue weighted by Gasteiger charge is 2.31. The smallest absolute Gasteiger partial charge is 0.276 e. The van der Waals surface area contributed by atoms with Gasteiger partial charge in [0.05, 0.1) is 6.54 Å². The Labute approximate surface area is 121 Å². The van der Waals surface area contributed by atoms with Gasteiger partial charge >= 0.3 is 0 Å². The van der Waals surface area contributed by atoms with Crippen molar-refractivity contribution in [3.8, 4) is 0 Å². The third kappa shape index (κ3) is 2.03. The minimum atomic E-state index is -0.0525. The number of carbonyl (C=O) groups excluding carboxylic acids is 1. The van der Waals surface area contributed by atoms with E-state index < -0.39 is 0 Å². The minimum Gasteiger partial charge on any atom is -0.360 e. The fraction of sp³-hybridized carbons (Fsp3) is 0.571. The van der Waals surface area contributed by atoms with Gasteiger partial charge in [-0.15, -0.1) is 10.2 Å². The van der Waals surface area contributed by atoms with Crippen LogP contribution >= 0.6 is 0 Å². The van der Waals surface area contributed by atoms with Crippen LogP contribution in [0.4, 0.5) is 0 Å². The zero-order chi connectivity index (χ0) is 14.4. The third-order valence-electron chi connectivity index (χ3n) is 4.41. The Bertz CT molecular complexity index is 689. The molecule has 0 N–H and O–H groups in total. The fourth-order valence-corrected chi connectivity index (χ4v) is 3.14. The van der Waals surface area contributed by atoms with Crippen LogP contribution in [0, 0.1) is 5.92 Å². The highest BCUT2D eigenvalue weighted by molar-refractivity contribution is 5.94. The molecule has 0 fully saturated rings. The third-order valence-corrected chi connectivity index (χ3v) is 4.41. The van der Waals surface area contributed by atoms with Gasteiger partial charge in [-0.1, -0.05) is 12.1 Å². The largest absolute Gasteiger partial charge is 0.360 e. The number of hydrogen-bond donors (Lipinski definition) is 0. The molecule has 0 spiro atoms. The summed E-state index contributed by atoms with van der Waals surface area (Å²) < 4.78 is 7.35. The Balaban J connectivity index is 1.60. The van der Waals surface area contributed by atoms with Crippen LogP contribution in [0.25, 0.3) is 0 Å². The van der Waals surface area contributed by atoms with Crippen molar-refractivity contribution in [3.05, 3.63) is 29.2 Å². The van der Waals surface area contributed by atoms with Gasteiger partial charge < -0.3 is 14.0 Å². The molecule has 4 rings (SSSR count). The van der Waals surface area contributed by atoms with Crippen molar-refractivity contribution in [1.82, 2.24) is 24.8 Å². The first-order valence-electron chi connectivity index (χ1n) is 7.35. The van der Waals surface area contributed by atoms with Gasteiger partial charge in [0.15, 0.2) is 11.5 Å². The van der Waals surface area contributed by atoms with E-state index >= 15 is 0 Å². The molecule has 7 nitrogen and oxygen atoms in total. The van der Waals surface area contributed by atoms with Crippen LogP contribution < -0.4 is 0 Å². The van der Waals surface area contributed by atoms with Crippen molar-refractivity contribution in [2.45, 2.75) is 39.3 Å². The SMILES string of the molecule is C[C@@H]1CCc2onc(C(=O)N3CCn4cnnc4C3)c2C1. The maximum atomic E-state index is 12.7. The predicted molar refractivity (Wildman–Crippen MR) is 72.5 cm³/mol. The molecule has 1 aliphatic heterocycles. The highest BCUT2D eigenvalue weighted by Crippen LogP contribution is 2.28. The molecule has 0 saturated carbocycles. The van der Waals surface area contributed by atoms with Crippen LogP contribution in [0.15, 0.2) is 10.9 Å². The second kappa shape index (κ2) is 4.68. The molecule has 1 aliphatic carbocycles. The first-order valence-corrected chi connectivity index (χ1v) is 7.35. The van der Waals surface area contributed by atoms with Gasteiger partial charge in [-0.25, -0.2) is 0 Å². The fourth-order valence-electron chi connectivity index (χ4n) is 3.14. The molecule has 0 saturated heterocycles. The summed E-state index contributed by atoms with van der Waals surface area (Å²) in [6.45, 7) is 4.06. The van der Waals surface area contributed by atoms with Crippen LogP contribution in [0.2, 0.25) is 0 Å². The summed E-state index contributed by atoms with van der Waals surface area (Å²) >= 11 is 0. The Morgan fingerprint density at radius 2 is 2.33 bits per heavy atom. The van der Waals surface area contributed by atoms with Gasteiger partial charge in [-0.3, -0.25) is 4.79 Å². The summed E-state index contributed by atoms with van der Waals surface area (Å²) in [5, 5.41) is 12.0. The predicted octanol–water partition coefficient (Wildman–Crippen LogP) is 1.05. The molecule has 1 amide bonds. The van der Waals surface area contributed by atoms with Crippen molar-refractivity contribution in [2.24, 2.45) is 5.92 Å². The monoisotopic (exact) mass is 287 g/mol. The lowest BCUT2D eigenvalue weighted by Crippen LogP contribution is -2.39. The van der Waals surface area contributed by atoms with E-state index in [1.165, 1.54) is 0 Å². The molecular weight excluding hydrogens is 270 g/mol. The first-order chi connectivity index (χ1) is 10.2. The van der Waals surface area contributed by atoms with Gasteiger partial charge in [0.25, 0.3) is 5.91 Å². The molecule has 7 heteroatoms. The summed E-state index contributed by atoms with van der Waals surface area (Å²) in [6.07, 6.45) is 4.56. The summed E-state index contributed by atoms with van der Waals surface area (Å²) in [6, 6.07) is 0. The molecule has 2 aliphatic rings. The average molecular weight is 287 g/mol. The van der Waals surface area contributed by atoms with Gasteiger partial charge in [0.2, 0.25) is 0 Å². The lowest BCUT2D eigenvalue weighted by atomic mass is 9.88. The molecule has 0 radical (unpaired) electrons. The molecule has 1 atom stereocenters. The van der Waals surface area contributed by atoms with Gasteiger partial charge in [-0.05, 0) is 18.8 Å². The second-order valence-corrected chi connectivity index (χ2v) is 5.95. The van der Waals surface area contributed by atoms with Gasteiger partial charge in [-0.2, -0.15) is 0 Å². The van der Waals surface area contributed by atoms with Crippen LogP contribution in [-0.2, 0) is 25.9 Å². The lowest BCUT2D eigenvalue weighted by molar-refractivity contribution is 0.0696. The van der Waals surface area contributed by atoms with E-state index in [0.29, 0.717) is 24.7 Å². The summed E-state index contributed by atoms with van der Waals surface area (Å²) in [4.78, 5) is 14.5. The average Bonchev–Trinajstić information content (AvgIpc) is 3.11. The first kappa shape index (κ1) is 12.6. The number of fused-ring (bicyclic) bond motifs is 2. The van der Waals surface area contributed by atoms with Crippen molar-refractivity contribution in [3.63, 3.8) is 0 Å². The molecule has 3 heterocycles. The lowest BCUT2D eigenvalue weighted by Gasteiger charge is -2.27. The van der Waals surface area contributed by atoms with E-state index in [4.69, 9.17) is 4.52 Å². The molecule has 0 bridgehead atoms. The Morgan fingerprint density at radius 1 is 1.43 bits per heavy atom. The second-order valence-electron chi connectivity index (χ2n) is 5.95. The molecular formula is C14H17N5O2. The van der Waals surface area contributed by atoms with E-state index in [-0.39, 0.29) is 5.91 Å².